The van der Waals surface area contributed by atoms with Gasteiger partial charge in [0, 0.05) is 22.6 Å². The third kappa shape index (κ3) is 4.34. The van der Waals surface area contributed by atoms with Crippen LogP contribution in [0.2, 0.25) is 5.02 Å². The molecule has 154 valence electrons. The molecule has 3 aromatic rings. The number of hydrogen-bond acceptors (Lipinski definition) is 6. The van der Waals surface area contributed by atoms with Crippen molar-refractivity contribution in [3.63, 3.8) is 0 Å². The predicted octanol–water partition coefficient (Wildman–Crippen LogP) is 5.71. The van der Waals surface area contributed by atoms with Crippen LogP contribution in [-0.4, -0.2) is 23.4 Å². The van der Waals surface area contributed by atoms with E-state index < -0.39 is 16.8 Å². The topological polar surface area (TPSA) is 98.5 Å². The lowest BCUT2D eigenvalue weighted by molar-refractivity contribution is -0.384. The Morgan fingerprint density at radius 2 is 1.83 bits per heavy atom. The van der Waals surface area contributed by atoms with Crippen LogP contribution in [0.3, 0.4) is 0 Å². The molecule has 0 bridgehead atoms. The number of nitro groups is 1. The number of benzene rings is 2. The maximum absolute atomic E-state index is 12.7. The van der Waals surface area contributed by atoms with Gasteiger partial charge in [0.2, 0.25) is 0 Å². The summed E-state index contributed by atoms with van der Waals surface area (Å²) in [7, 11) is 0. The van der Waals surface area contributed by atoms with Crippen molar-refractivity contribution in [2.24, 2.45) is 0 Å². The summed E-state index contributed by atoms with van der Waals surface area (Å²) in [4.78, 5) is 36.7. The summed E-state index contributed by atoms with van der Waals surface area (Å²) < 4.78 is 5.20. The Kier molecular flexibility index (Phi) is 6.49. The monoisotopic (exact) mass is 444 g/mol. The zero-order valence-corrected chi connectivity index (χ0v) is 17.7. The minimum Gasteiger partial charge on any atom is -0.462 e. The molecular formula is C21H17ClN2O5S. The van der Waals surface area contributed by atoms with Crippen molar-refractivity contribution in [1.29, 1.82) is 0 Å². The van der Waals surface area contributed by atoms with Crippen molar-refractivity contribution in [2.75, 3.05) is 11.9 Å². The van der Waals surface area contributed by atoms with Gasteiger partial charge in [-0.25, -0.2) is 4.79 Å². The van der Waals surface area contributed by atoms with Crippen LogP contribution in [0.15, 0.2) is 48.5 Å². The zero-order valence-electron chi connectivity index (χ0n) is 16.1. The fourth-order valence-electron chi connectivity index (χ4n) is 2.94. The number of nitrogens with one attached hydrogen (secondary N) is 1. The van der Waals surface area contributed by atoms with Crippen LogP contribution in [0.25, 0.3) is 11.1 Å². The minimum atomic E-state index is -0.593. The highest BCUT2D eigenvalue weighted by Gasteiger charge is 2.26. The van der Waals surface area contributed by atoms with Gasteiger partial charge >= 0.3 is 5.97 Å². The zero-order chi connectivity index (χ0) is 21.8. The van der Waals surface area contributed by atoms with Crippen LogP contribution in [-0.2, 0) is 4.74 Å². The molecule has 9 heteroatoms. The molecule has 0 saturated heterocycles. The number of amides is 1. The van der Waals surface area contributed by atoms with E-state index in [2.05, 4.69) is 5.32 Å². The van der Waals surface area contributed by atoms with Gasteiger partial charge in [0.1, 0.15) is 10.6 Å². The van der Waals surface area contributed by atoms with Crippen LogP contribution in [0, 0.1) is 17.0 Å². The largest absolute Gasteiger partial charge is 0.462 e. The average Bonchev–Trinajstić information content (AvgIpc) is 3.04. The number of nitro benzene ring substituents is 1. The van der Waals surface area contributed by atoms with Gasteiger partial charge in [0.15, 0.2) is 0 Å². The first-order valence-electron chi connectivity index (χ1n) is 8.94. The normalized spacial score (nSPS) is 10.5. The highest BCUT2D eigenvalue weighted by Crippen LogP contribution is 2.41. The number of halogens is 1. The van der Waals surface area contributed by atoms with Crippen molar-refractivity contribution in [2.45, 2.75) is 13.8 Å². The van der Waals surface area contributed by atoms with Gasteiger partial charge in [-0.15, -0.1) is 11.3 Å². The SMILES string of the molecule is CCOC(=O)c1c(NC(=O)c2ccccc2Cl)sc(C)c1-c1ccc([N+](=O)[O-])cc1. The maximum Gasteiger partial charge on any atom is 0.341 e. The first-order valence-corrected chi connectivity index (χ1v) is 10.1. The predicted molar refractivity (Wildman–Crippen MR) is 117 cm³/mol. The Bertz CT molecular complexity index is 1120. The lowest BCUT2D eigenvalue weighted by atomic mass is 10.0. The summed E-state index contributed by atoms with van der Waals surface area (Å²) in [5.74, 6) is -1.05. The Hall–Kier alpha value is -3.23. The first-order chi connectivity index (χ1) is 14.3. The highest BCUT2D eigenvalue weighted by atomic mass is 35.5. The van der Waals surface area contributed by atoms with Gasteiger partial charge in [-0.05, 0) is 43.7 Å². The van der Waals surface area contributed by atoms with Crippen LogP contribution in [0.5, 0.6) is 0 Å². The number of ether oxygens (including phenoxy) is 1. The third-order valence-electron chi connectivity index (χ3n) is 4.28. The molecule has 3 rings (SSSR count). The molecule has 0 atom stereocenters. The molecule has 0 aliphatic rings. The molecule has 30 heavy (non-hydrogen) atoms. The van der Waals surface area contributed by atoms with Crippen molar-refractivity contribution in [3.05, 3.63) is 79.7 Å². The fraction of sp³-hybridized carbons (Fsp3) is 0.143. The molecule has 0 saturated carbocycles. The van der Waals surface area contributed by atoms with E-state index in [1.807, 2.05) is 0 Å². The Balaban J connectivity index is 2.07. The number of hydrogen-bond donors (Lipinski definition) is 1. The van der Waals surface area contributed by atoms with Crippen LogP contribution >= 0.6 is 22.9 Å². The van der Waals surface area contributed by atoms with Crippen LogP contribution in [0.1, 0.15) is 32.5 Å². The summed E-state index contributed by atoms with van der Waals surface area (Å²) >= 11 is 7.33. The first kappa shape index (κ1) is 21.5. The number of carbonyl (C=O) groups excluding carboxylic acids is 2. The maximum atomic E-state index is 12.7. The molecule has 2 aromatic carbocycles. The molecule has 0 aliphatic carbocycles. The summed E-state index contributed by atoms with van der Waals surface area (Å²) in [6, 6.07) is 12.4. The number of non-ortho nitro benzene ring substituents is 1. The Morgan fingerprint density at radius 3 is 2.43 bits per heavy atom. The fourth-order valence-corrected chi connectivity index (χ4v) is 4.22. The van der Waals surface area contributed by atoms with Crippen LogP contribution in [0.4, 0.5) is 10.7 Å². The van der Waals surface area contributed by atoms with Gasteiger partial charge < -0.3 is 10.1 Å². The molecule has 0 unspecified atom stereocenters. The molecule has 0 aliphatic heterocycles. The molecule has 0 spiro atoms. The molecule has 1 amide bonds. The van der Waals surface area contributed by atoms with E-state index in [4.69, 9.17) is 16.3 Å². The minimum absolute atomic E-state index is 0.0587. The molecule has 1 aromatic heterocycles. The smallest absolute Gasteiger partial charge is 0.341 e. The molecular weight excluding hydrogens is 428 g/mol. The average molecular weight is 445 g/mol. The molecule has 7 nitrogen and oxygen atoms in total. The van der Waals surface area contributed by atoms with Crippen molar-refractivity contribution >= 4 is 45.5 Å². The second-order valence-electron chi connectivity index (χ2n) is 6.20. The summed E-state index contributed by atoms with van der Waals surface area (Å²) in [5, 5.41) is 14.3. The number of nitrogens with zero attached hydrogens (tertiary/aromatic N) is 1. The quantitative estimate of drug-likeness (QED) is 0.298. The third-order valence-corrected chi connectivity index (χ3v) is 5.63. The van der Waals surface area contributed by atoms with Gasteiger partial charge in [0.05, 0.1) is 22.1 Å². The lowest BCUT2D eigenvalue weighted by Gasteiger charge is -2.10. The van der Waals surface area contributed by atoms with Crippen LogP contribution < -0.4 is 5.32 Å². The number of anilines is 1. The highest BCUT2D eigenvalue weighted by molar-refractivity contribution is 7.17. The van der Waals surface area contributed by atoms with Gasteiger partial charge in [-0.2, -0.15) is 0 Å². The van der Waals surface area contributed by atoms with E-state index in [1.54, 1.807) is 50.2 Å². The van der Waals surface area contributed by atoms with E-state index in [9.17, 15) is 19.7 Å². The number of rotatable bonds is 6. The van der Waals surface area contributed by atoms with E-state index >= 15 is 0 Å². The second kappa shape index (κ2) is 9.06. The Labute approximate surface area is 181 Å². The summed E-state index contributed by atoms with van der Waals surface area (Å²) in [6.45, 7) is 3.64. The van der Waals surface area contributed by atoms with E-state index in [-0.39, 0.29) is 28.4 Å². The van der Waals surface area contributed by atoms with Crippen molar-refractivity contribution < 1.29 is 19.2 Å². The van der Waals surface area contributed by atoms with Gasteiger partial charge in [0.25, 0.3) is 11.6 Å². The van der Waals surface area contributed by atoms with E-state index in [1.165, 1.54) is 23.5 Å². The molecule has 1 N–H and O–H groups in total. The van der Waals surface area contributed by atoms with Crippen molar-refractivity contribution in [1.82, 2.24) is 0 Å². The second-order valence-corrected chi connectivity index (χ2v) is 7.83. The molecule has 0 fully saturated rings. The number of esters is 1. The summed E-state index contributed by atoms with van der Waals surface area (Å²) in [5.41, 5.74) is 1.58. The van der Waals surface area contributed by atoms with E-state index in [0.29, 0.717) is 16.1 Å². The Morgan fingerprint density at radius 1 is 1.17 bits per heavy atom. The standard InChI is InChI=1S/C21H17ClN2O5S/c1-3-29-21(26)18-17(13-8-10-14(11-9-13)24(27)28)12(2)30-20(18)23-19(25)15-6-4-5-7-16(15)22/h4-11H,3H2,1-2H3,(H,23,25). The number of thiophene rings is 1. The molecule has 1 heterocycles. The van der Waals surface area contributed by atoms with Crippen molar-refractivity contribution in [3.8, 4) is 11.1 Å². The van der Waals surface area contributed by atoms with Gasteiger partial charge in [-0.1, -0.05) is 23.7 Å². The summed E-state index contributed by atoms with van der Waals surface area (Å²) in [6.07, 6.45) is 0. The van der Waals surface area contributed by atoms with E-state index in [0.717, 1.165) is 4.88 Å². The van der Waals surface area contributed by atoms with Gasteiger partial charge in [-0.3, -0.25) is 14.9 Å². The molecule has 0 radical (unpaired) electrons. The number of carbonyl (C=O) groups is 2. The lowest BCUT2D eigenvalue weighted by Crippen LogP contribution is -2.15. The number of aryl methyl sites for hydroxylation is 1.